The average Bonchev–Trinajstić information content (AvgIpc) is 2.85. The Balaban J connectivity index is 1.79. The Morgan fingerprint density at radius 2 is 1.45 bits per heavy atom. The molecule has 0 saturated carbocycles. The first-order chi connectivity index (χ1) is 18.8. The van der Waals surface area contributed by atoms with Crippen molar-refractivity contribution in [3.05, 3.63) is 119 Å². The molecule has 2 rings (SSSR count). The lowest BCUT2D eigenvalue weighted by Gasteiger charge is -2.40. The fourth-order valence-electron chi connectivity index (χ4n) is 5.98. The number of hydrogen-bond acceptors (Lipinski definition) is 0. The van der Waals surface area contributed by atoms with Crippen LogP contribution in [0.25, 0.3) is 0 Å². The monoisotopic (exact) mass is 538 g/mol. The predicted molar refractivity (Wildman–Crippen MR) is 181 cm³/mol. The molecule has 0 aromatic carbocycles. The van der Waals surface area contributed by atoms with Crippen molar-refractivity contribution < 1.29 is 0 Å². The van der Waals surface area contributed by atoms with E-state index >= 15 is 0 Å². The van der Waals surface area contributed by atoms with Crippen LogP contribution in [0, 0.1) is 29.6 Å². The molecule has 0 radical (unpaired) electrons. The average molecular weight is 539 g/mol. The first kappa shape index (κ1) is 33.6. The van der Waals surface area contributed by atoms with E-state index in [4.69, 9.17) is 0 Å². The molecule has 0 aromatic heterocycles. The van der Waals surface area contributed by atoms with Gasteiger partial charge in [-0.15, -0.1) is 12.5 Å². The molecule has 0 saturated heterocycles. The first-order valence-electron chi connectivity index (χ1n) is 15.6. The molecule has 2 aliphatic carbocycles. The summed E-state index contributed by atoms with van der Waals surface area (Å²) < 4.78 is 0. The lowest BCUT2D eigenvalue weighted by molar-refractivity contribution is 0.373. The molecule has 0 nitrogen and oxygen atoms in total. The maximum atomic E-state index is 2.41. The van der Waals surface area contributed by atoms with Gasteiger partial charge in [-0.25, -0.2) is 12.8 Å². The Kier molecular flexibility index (Phi) is 13.4. The maximum Gasteiger partial charge on any atom is -0.0104 e. The summed E-state index contributed by atoms with van der Waals surface area (Å²) >= 11 is 0. The second-order valence-corrected chi connectivity index (χ2v) is 13.6. The van der Waals surface area contributed by atoms with Crippen LogP contribution in [0.15, 0.2) is 106 Å². The molecule has 0 spiro atoms. The third kappa shape index (κ3) is 11.5. The molecule has 220 valence electrons. The van der Waals surface area contributed by atoms with Gasteiger partial charge in [-0.1, -0.05) is 121 Å². The van der Waals surface area contributed by atoms with E-state index < -0.39 is 0 Å². The van der Waals surface area contributed by atoms with Gasteiger partial charge in [0.1, 0.15) is 0 Å². The van der Waals surface area contributed by atoms with Crippen LogP contribution >= 0.6 is 0 Å². The summed E-state index contributed by atoms with van der Waals surface area (Å²) in [4.78, 5) is 0. The van der Waals surface area contributed by atoms with Crippen LogP contribution in [0.2, 0.25) is 0 Å². The topological polar surface area (TPSA) is 0 Å². The van der Waals surface area contributed by atoms with Gasteiger partial charge < -0.3 is 0 Å². The van der Waals surface area contributed by atoms with Gasteiger partial charge in [-0.3, -0.25) is 11.6 Å². The molecular formula is C40H58-2. The molecule has 0 aromatic rings. The number of allylic oxidation sites excluding steroid dienone is 18. The molecule has 2 aliphatic rings. The summed E-state index contributed by atoms with van der Waals surface area (Å²) in [5.41, 5.74) is 10.6. The van der Waals surface area contributed by atoms with Crippen LogP contribution in [0.3, 0.4) is 0 Å². The maximum absolute atomic E-state index is 2.41. The Morgan fingerprint density at radius 1 is 0.850 bits per heavy atom. The summed E-state index contributed by atoms with van der Waals surface area (Å²) in [6.45, 7) is 23.0. The minimum absolute atomic E-state index is 0.294. The third-order valence-corrected chi connectivity index (χ3v) is 8.63. The highest BCUT2D eigenvalue weighted by molar-refractivity contribution is 5.37. The van der Waals surface area contributed by atoms with E-state index in [1.807, 2.05) is 0 Å². The highest BCUT2D eigenvalue weighted by atomic mass is 14.3. The van der Waals surface area contributed by atoms with E-state index in [-0.39, 0.29) is 0 Å². The second kappa shape index (κ2) is 16.0. The van der Waals surface area contributed by atoms with Crippen LogP contribution in [0.5, 0.6) is 0 Å². The standard InChI is InChI=1S/C40H58/c1-31(19-13-21-33(3)25-27-37-35(5)23-15-29-39(37,7)8)17-11-12-18-32(2)20-14-22-34(4)26-28-38-36(6)24-16-30-40(38,9)10/h11-14,17-21,25-28,34H,15-16,22-24,29-30H2,1-10H3/q-2/b12-11-,19-13+,20-14?,28-26+,31-17+,32-18-,33-25+. The highest BCUT2D eigenvalue weighted by Gasteiger charge is 2.26. The van der Waals surface area contributed by atoms with E-state index in [1.54, 1.807) is 16.7 Å². The molecule has 0 aliphatic heterocycles. The van der Waals surface area contributed by atoms with Crippen molar-refractivity contribution in [3.63, 3.8) is 0 Å². The van der Waals surface area contributed by atoms with E-state index in [0.29, 0.717) is 16.7 Å². The van der Waals surface area contributed by atoms with E-state index in [1.165, 1.54) is 60.8 Å². The van der Waals surface area contributed by atoms with Crippen molar-refractivity contribution in [1.82, 2.24) is 0 Å². The quantitative estimate of drug-likeness (QED) is 0.171. The fraction of sp³-hybridized carbons (Fsp3) is 0.500. The van der Waals surface area contributed by atoms with E-state index in [9.17, 15) is 0 Å². The molecule has 0 N–H and O–H groups in total. The predicted octanol–water partition coefficient (Wildman–Crippen LogP) is 12.5. The van der Waals surface area contributed by atoms with Crippen LogP contribution in [-0.2, 0) is 0 Å². The molecule has 1 atom stereocenters. The van der Waals surface area contributed by atoms with Crippen LogP contribution in [0.1, 0.15) is 114 Å². The Morgan fingerprint density at radius 3 is 2.08 bits per heavy atom. The van der Waals surface area contributed by atoms with Gasteiger partial charge >= 0.3 is 0 Å². The second-order valence-electron chi connectivity index (χ2n) is 13.6. The van der Waals surface area contributed by atoms with Gasteiger partial charge in [0, 0.05) is 0 Å². The van der Waals surface area contributed by atoms with Crippen molar-refractivity contribution >= 4 is 0 Å². The lowest BCUT2D eigenvalue weighted by Crippen LogP contribution is -2.20. The van der Waals surface area contributed by atoms with Crippen molar-refractivity contribution in [3.8, 4) is 0 Å². The van der Waals surface area contributed by atoms with Crippen molar-refractivity contribution in [2.75, 3.05) is 0 Å². The number of rotatable bonds is 12. The fourth-order valence-corrected chi connectivity index (χ4v) is 5.98. The zero-order valence-electron chi connectivity index (χ0n) is 27.5. The summed E-state index contributed by atoms with van der Waals surface area (Å²) in [5, 5.41) is 0. The van der Waals surface area contributed by atoms with Crippen LogP contribution in [0.4, 0.5) is 0 Å². The molecule has 0 fully saturated rings. The van der Waals surface area contributed by atoms with Crippen molar-refractivity contribution in [1.29, 1.82) is 0 Å². The molecule has 0 heterocycles. The van der Waals surface area contributed by atoms with E-state index in [2.05, 4.69) is 149 Å². The largest absolute Gasteiger partial charge is 0.265 e. The smallest absolute Gasteiger partial charge is 0.0104 e. The minimum atomic E-state index is 0.294. The van der Waals surface area contributed by atoms with Crippen molar-refractivity contribution in [2.45, 2.75) is 114 Å². The summed E-state index contributed by atoms with van der Waals surface area (Å²) in [6.07, 6.45) is 37.9. The minimum Gasteiger partial charge on any atom is -0.265 e. The SMILES string of the molecule is CC1=C(/C=C/C(C)CC=C\C(C)=C/C=C\C=C(C)\C=C\[CH-]/C(C)=C/[CH-]C2=C(C)CCCC2(C)C)C(C)(C)CCC1. The van der Waals surface area contributed by atoms with Crippen molar-refractivity contribution in [2.24, 2.45) is 16.7 Å². The van der Waals surface area contributed by atoms with Gasteiger partial charge in [0.15, 0.2) is 0 Å². The number of hydrogen-bond donors (Lipinski definition) is 0. The van der Waals surface area contributed by atoms with Gasteiger partial charge in [0.2, 0.25) is 0 Å². The summed E-state index contributed by atoms with van der Waals surface area (Å²) in [7, 11) is 0. The molecule has 40 heavy (non-hydrogen) atoms. The van der Waals surface area contributed by atoms with Gasteiger partial charge in [0.25, 0.3) is 0 Å². The normalized spacial score (nSPS) is 21.9. The summed E-state index contributed by atoms with van der Waals surface area (Å²) in [5.74, 6) is 0.545. The molecule has 0 heteroatoms. The Hall–Kier alpha value is -2.60. The van der Waals surface area contributed by atoms with Gasteiger partial charge in [-0.05, 0) is 68.3 Å². The first-order valence-corrected chi connectivity index (χ1v) is 15.6. The summed E-state index contributed by atoms with van der Waals surface area (Å²) in [6, 6.07) is 0. The highest BCUT2D eigenvalue weighted by Crippen LogP contribution is 2.42. The molecule has 1 unspecified atom stereocenters. The Bertz CT molecular complexity index is 1110. The molecule has 0 bridgehead atoms. The van der Waals surface area contributed by atoms with Gasteiger partial charge in [0.05, 0.1) is 0 Å². The Labute approximate surface area is 249 Å². The van der Waals surface area contributed by atoms with Crippen LogP contribution in [-0.4, -0.2) is 0 Å². The van der Waals surface area contributed by atoms with Crippen LogP contribution < -0.4 is 0 Å². The zero-order valence-corrected chi connectivity index (χ0v) is 27.5. The third-order valence-electron chi connectivity index (χ3n) is 8.63. The van der Waals surface area contributed by atoms with Gasteiger partial charge in [-0.2, -0.15) is 23.3 Å². The molecular weight excluding hydrogens is 480 g/mol. The lowest BCUT2D eigenvalue weighted by atomic mass is 9.71. The van der Waals surface area contributed by atoms with E-state index in [0.717, 1.165) is 6.42 Å². The zero-order chi connectivity index (χ0) is 29.8. The molecule has 0 amide bonds.